The molecule has 2 bridgehead atoms. The molecule has 1 aromatic heterocycles. The van der Waals surface area contributed by atoms with Gasteiger partial charge in [-0.25, -0.2) is 4.98 Å². The Balaban J connectivity index is 1.46. The summed E-state index contributed by atoms with van der Waals surface area (Å²) < 4.78 is 0. The van der Waals surface area contributed by atoms with Gasteiger partial charge in [-0.15, -0.1) is 11.3 Å². The molecule has 0 amide bonds. The Kier molecular flexibility index (Phi) is 3.69. The van der Waals surface area contributed by atoms with Crippen molar-refractivity contribution >= 4 is 11.3 Å². The van der Waals surface area contributed by atoms with Gasteiger partial charge in [-0.05, 0) is 43.6 Å². The standard InChI is InChI=1S/C16H26N2S/c1-16(2,3)15-18-14(10-19-15)9-17-8-13-7-11-4-5-12(13)6-11/h10-13,17H,4-9H2,1-3H3. The molecule has 19 heavy (non-hydrogen) atoms. The van der Waals surface area contributed by atoms with Gasteiger partial charge in [0.25, 0.3) is 0 Å². The highest BCUT2D eigenvalue weighted by molar-refractivity contribution is 7.09. The van der Waals surface area contributed by atoms with Gasteiger partial charge >= 0.3 is 0 Å². The number of thiazole rings is 1. The quantitative estimate of drug-likeness (QED) is 0.901. The number of aromatic nitrogens is 1. The van der Waals surface area contributed by atoms with Crippen molar-refractivity contribution in [2.45, 2.75) is 58.4 Å². The molecule has 2 saturated carbocycles. The third kappa shape index (κ3) is 3.03. The first-order chi connectivity index (χ1) is 9.02. The summed E-state index contributed by atoms with van der Waals surface area (Å²) in [5.74, 6) is 3.03. The molecule has 2 aliphatic rings. The zero-order chi connectivity index (χ0) is 13.5. The van der Waals surface area contributed by atoms with Gasteiger partial charge in [-0.1, -0.05) is 27.2 Å². The minimum atomic E-state index is 0.188. The van der Waals surface area contributed by atoms with Gasteiger partial charge in [0.15, 0.2) is 0 Å². The second-order valence-electron chi connectivity index (χ2n) is 7.46. The van der Waals surface area contributed by atoms with Crippen molar-refractivity contribution < 1.29 is 0 Å². The third-order valence-electron chi connectivity index (χ3n) is 4.79. The van der Waals surface area contributed by atoms with E-state index in [0.29, 0.717) is 0 Å². The summed E-state index contributed by atoms with van der Waals surface area (Å²) in [7, 11) is 0. The van der Waals surface area contributed by atoms with E-state index in [1.165, 1.54) is 42.9 Å². The Morgan fingerprint density at radius 1 is 1.32 bits per heavy atom. The van der Waals surface area contributed by atoms with Crippen LogP contribution in [0.15, 0.2) is 5.38 Å². The number of rotatable bonds is 4. The van der Waals surface area contributed by atoms with E-state index in [1.54, 1.807) is 11.3 Å². The minimum Gasteiger partial charge on any atom is -0.311 e. The fourth-order valence-electron chi connectivity index (χ4n) is 3.74. The summed E-state index contributed by atoms with van der Waals surface area (Å²) in [4.78, 5) is 4.75. The van der Waals surface area contributed by atoms with E-state index in [-0.39, 0.29) is 5.41 Å². The van der Waals surface area contributed by atoms with Crippen LogP contribution in [0, 0.1) is 17.8 Å². The SMILES string of the molecule is CC(C)(C)c1nc(CNCC2CC3CCC2C3)cs1. The largest absolute Gasteiger partial charge is 0.311 e. The summed E-state index contributed by atoms with van der Waals surface area (Å²) in [6.45, 7) is 8.85. The van der Waals surface area contributed by atoms with E-state index in [9.17, 15) is 0 Å². The van der Waals surface area contributed by atoms with Gasteiger partial charge < -0.3 is 5.32 Å². The Hall–Kier alpha value is -0.410. The summed E-state index contributed by atoms with van der Waals surface area (Å²) in [5.41, 5.74) is 1.41. The van der Waals surface area contributed by atoms with Crippen LogP contribution in [0.4, 0.5) is 0 Å². The van der Waals surface area contributed by atoms with Crippen LogP contribution in [0.3, 0.4) is 0 Å². The maximum absolute atomic E-state index is 4.75. The van der Waals surface area contributed by atoms with Gasteiger partial charge in [0.05, 0.1) is 10.7 Å². The number of nitrogens with one attached hydrogen (secondary N) is 1. The molecule has 0 saturated heterocycles. The smallest absolute Gasteiger partial charge is 0.0982 e. The average Bonchev–Trinajstić information content (AvgIpc) is 3.02. The summed E-state index contributed by atoms with van der Waals surface area (Å²) in [6.07, 6.45) is 5.98. The lowest BCUT2D eigenvalue weighted by Gasteiger charge is -2.21. The van der Waals surface area contributed by atoms with Crippen molar-refractivity contribution in [3.05, 3.63) is 16.1 Å². The summed E-state index contributed by atoms with van der Waals surface area (Å²) in [5, 5.41) is 7.11. The summed E-state index contributed by atoms with van der Waals surface area (Å²) in [6, 6.07) is 0. The molecule has 1 N–H and O–H groups in total. The van der Waals surface area contributed by atoms with Gasteiger partial charge in [-0.3, -0.25) is 0 Å². The Morgan fingerprint density at radius 2 is 2.16 bits per heavy atom. The molecular formula is C16H26N2S. The van der Waals surface area contributed by atoms with Crippen molar-refractivity contribution in [2.24, 2.45) is 17.8 Å². The van der Waals surface area contributed by atoms with Gasteiger partial charge in [-0.2, -0.15) is 0 Å². The topological polar surface area (TPSA) is 24.9 Å². The van der Waals surface area contributed by atoms with Crippen LogP contribution >= 0.6 is 11.3 Å². The normalized spacial score (nSPS) is 30.2. The molecule has 0 aromatic carbocycles. The predicted octanol–water partition coefficient (Wildman–Crippen LogP) is 3.97. The van der Waals surface area contributed by atoms with E-state index in [4.69, 9.17) is 4.98 Å². The molecule has 0 spiro atoms. The van der Waals surface area contributed by atoms with Crippen LogP contribution in [0.5, 0.6) is 0 Å². The second-order valence-corrected chi connectivity index (χ2v) is 8.32. The molecule has 1 heterocycles. The minimum absolute atomic E-state index is 0.188. The molecule has 0 radical (unpaired) electrons. The Bertz CT molecular complexity index is 432. The first-order valence-corrected chi connectivity index (χ1v) is 8.56. The van der Waals surface area contributed by atoms with Crippen LogP contribution in [-0.2, 0) is 12.0 Å². The number of fused-ring (bicyclic) bond motifs is 2. The lowest BCUT2D eigenvalue weighted by atomic mass is 9.89. The molecule has 2 nitrogen and oxygen atoms in total. The highest BCUT2D eigenvalue weighted by atomic mass is 32.1. The summed E-state index contributed by atoms with van der Waals surface area (Å²) >= 11 is 1.80. The van der Waals surface area contributed by atoms with Crippen molar-refractivity contribution in [2.75, 3.05) is 6.54 Å². The lowest BCUT2D eigenvalue weighted by molar-refractivity contribution is 0.318. The number of hydrogen-bond donors (Lipinski definition) is 1. The number of hydrogen-bond acceptors (Lipinski definition) is 3. The lowest BCUT2D eigenvalue weighted by Crippen LogP contribution is -2.26. The highest BCUT2D eigenvalue weighted by Gasteiger charge is 2.38. The molecule has 1 aromatic rings. The Morgan fingerprint density at radius 3 is 2.74 bits per heavy atom. The third-order valence-corrected chi connectivity index (χ3v) is 6.11. The van der Waals surface area contributed by atoms with Crippen LogP contribution < -0.4 is 5.32 Å². The molecule has 106 valence electrons. The average molecular weight is 278 g/mol. The fourth-order valence-corrected chi connectivity index (χ4v) is 4.65. The predicted molar refractivity (Wildman–Crippen MR) is 81.5 cm³/mol. The van der Waals surface area contributed by atoms with Crippen molar-refractivity contribution in [1.82, 2.24) is 10.3 Å². The van der Waals surface area contributed by atoms with Crippen LogP contribution in [0.1, 0.15) is 57.2 Å². The first kappa shape index (κ1) is 13.6. The van der Waals surface area contributed by atoms with E-state index in [2.05, 4.69) is 31.5 Å². The van der Waals surface area contributed by atoms with E-state index in [1.807, 2.05) is 0 Å². The molecule has 3 rings (SSSR count). The monoisotopic (exact) mass is 278 g/mol. The van der Waals surface area contributed by atoms with Crippen LogP contribution in [0.2, 0.25) is 0 Å². The number of nitrogens with zero attached hydrogens (tertiary/aromatic N) is 1. The van der Waals surface area contributed by atoms with E-state index in [0.717, 1.165) is 24.3 Å². The molecule has 3 heteroatoms. The molecule has 2 aliphatic carbocycles. The van der Waals surface area contributed by atoms with E-state index >= 15 is 0 Å². The van der Waals surface area contributed by atoms with E-state index < -0.39 is 0 Å². The van der Waals surface area contributed by atoms with Crippen molar-refractivity contribution in [3.63, 3.8) is 0 Å². The zero-order valence-corrected chi connectivity index (χ0v) is 13.2. The van der Waals surface area contributed by atoms with Gasteiger partial charge in [0.2, 0.25) is 0 Å². The second kappa shape index (κ2) is 5.17. The molecule has 0 aliphatic heterocycles. The van der Waals surface area contributed by atoms with Gasteiger partial charge in [0, 0.05) is 17.3 Å². The molecule has 3 unspecified atom stereocenters. The molecule has 3 atom stereocenters. The maximum Gasteiger partial charge on any atom is 0.0982 e. The first-order valence-electron chi connectivity index (χ1n) is 7.68. The maximum atomic E-state index is 4.75. The van der Waals surface area contributed by atoms with Crippen molar-refractivity contribution in [3.8, 4) is 0 Å². The molecule has 2 fully saturated rings. The van der Waals surface area contributed by atoms with Crippen LogP contribution in [-0.4, -0.2) is 11.5 Å². The fraction of sp³-hybridized carbons (Fsp3) is 0.812. The van der Waals surface area contributed by atoms with Crippen molar-refractivity contribution in [1.29, 1.82) is 0 Å². The van der Waals surface area contributed by atoms with Crippen LogP contribution in [0.25, 0.3) is 0 Å². The zero-order valence-electron chi connectivity index (χ0n) is 12.4. The molecular weight excluding hydrogens is 252 g/mol. The highest BCUT2D eigenvalue weighted by Crippen LogP contribution is 2.47. The van der Waals surface area contributed by atoms with Gasteiger partial charge in [0.1, 0.15) is 0 Å². The Labute approximate surface area is 121 Å².